The molecule has 1 aromatic carbocycles. The first-order valence-corrected chi connectivity index (χ1v) is 9.33. The second-order valence-electron chi connectivity index (χ2n) is 6.02. The van der Waals surface area contributed by atoms with E-state index in [1.807, 2.05) is 6.92 Å². The lowest BCUT2D eigenvalue weighted by Crippen LogP contribution is -2.42. The Morgan fingerprint density at radius 3 is 2.42 bits per heavy atom. The van der Waals surface area contributed by atoms with Crippen molar-refractivity contribution in [2.45, 2.75) is 50.1 Å². The quantitative estimate of drug-likeness (QED) is 0.833. The third-order valence-electron chi connectivity index (χ3n) is 4.18. The summed E-state index contributed by atoms with van der Waals surface area (Å²) in [5, 5.41) is 11.1. The van der Waals surface area contributed by atoms with Crippen LogP contribution in [-0.2, 0) is 14.8 Å². The summed E-state index contributed by atoms with van der Waals surface area (Å²) >= 11 is 0. The van der Waals surface area contributed by atoms with E-state index in [0.717, 1.165) is 19.3 Å². The van der Waals surface area contributed by atoms with Crippen molar-refractivity contribution >= 4 is 21.9 Å². The van der Waals surface area contributed by atoms with Crippen molar-refractivity contribution in [1.29, 1.82) is 0 Å². The maximum atomic E-state index is 12.7. The maximum absolute atomic E-state index is 12.7. The van der Waals surface area contributed by atoms with Crippen molar-refractivity contribution < 1.29 is 23.1 Å². The van der Waals surface area contributed by atoms with Gasteiger partial charge in [0.2, 0.25) is 10.0 Å². The van der Waals surface area contributed by atoms with E-state index in [4.69, 9.17) is 5.11 Å². The average molecular weight is 354 g/mol. The molecule has 1 amide bonds. The van der Waals surface area contributed by atoms with Crippen LogP contribution in [0, 0.1) is 0 Å². The highest BCUT2D eigenvalue weighted by molar-refractivity contribution is 7.89. The molecule has 0 aromatic heterocycles. The number of nitrogens with one attached hydrogen (secondary N) is 1. The molecule has 2 rings (SSSR count). The Balaban J connectivity index is 2.16. The summed E-state index contributed by atoms with van der Waals surface area (Å²) in [5.74, 6) is -1.69. The molecule has 0 spiro atoms. The summed E-state index contributed by atoms with van der Waals surface area (Å²) < 4.78 is 26.9. The number of carbonyl (C=O) groups is 2. The number of aliphatic carboxylic acids is 1. The summed E-state index contributed by atoms with van der Waals surface area (Å²) in [5.41, 5.74) is 0.216. The van der Waals surface area contributed by atoms with Gasteiger partial charge in [0.1, 0.15) is 6.04 Å². The van der Waals surface area contributed by atoms with Gasteiger partial charge in [-0.25, -0.2) is 8.42 Å². The number of hydrogen-bond acceptors (Lipinski definition) is 4. The predicted molar refractivity (Wildman–Crippen MR) is 88.2 cm³/mol. The van der Waals surface area contributed by atoms with Crippen molar-refractivity contribution in [3.8, 4) is 0 Å². The molecular formula is C16H22N2O5S. The minimum Gasteiger partial charge on any atom is -0.480 e. The van der Waals surface area contributed by atoms with E-state index in [9.17, 15) is 18.0 Å². The molecule has 1 unspecified atom stereocenters. The van der Waals surface area contributed by atoms with E-state index in [-0.39, 0.29) is 16.5 Å². The fraction of sp³-hybridized carbons (Fsp3) is 0.500. The zero-order chi connectivity index (χ0) is 17.9. The Bertz CT molecular complexity index is 714. The Morgan fingerprint density at radius 1 is 1.25 bits per heavy atom. The number of hydrogen-bond donors (Lipinski definition) is 2. The fourth-order valence-electron chi connectivity index (χ4n) is 2.68. The van der Waals surface area contributed by atoms with Gasteiger partial charge in [-0.15, -0.1) is 0 Å². The summed E-state index contributed by atoms with van der Waals surface area (Å²) in [6.07, 6.45) is 2.71. The van der Waals surface area contributed by atoms with Gasteiger partial charge >= 0.3 is 5.97 Å². The molecule has 1 heterocycles. The number of carboxylic acid groups (broad SMARTS) is 1. The number of piperidine rings is 1. The molecule has 1 aliphatic rings. The number of rotatable bonds is 5. The van der Waals surface area contributed by atoms with Gasteiger partial charge in [-0.3, -0.25) is 9.59 Å². The maximum Gasteiger partial charge on any atom is 0.325 e. The molecule has 1 aliphatic heterocycles. The van der Waals surface area contributed by atoms with Gasteiger partial charge in [0, 0.05) is 18.2 Å². The second-order valence-corrected chi connectivity index (χ2v) is 7.91. The molecule has 1 fully saturated rings. The van der Waals surface area contributed by atoms with Gasteiger partial charge in [-0.2, -0.15) is 4.31 Å². The molecular weight excluding hydrogens is 332 g/mol. The van der Waals surface area contributed by atoms with Crippen LogP contribution in [0.15, 0.2) is 29.2 Å². The van der Waals surface area contributed by atoms with Crippen molar-refractivity contribution in [2.75, 3.05) is 6.54 Å². The zero-order valence-electron chi connectivity index (χ0n) is 13.7. The molecule has 24 heavy (non-hydrogen) atoms. The van der Waals surface area contributed by atoms with Crippen LogP contribution in [-0.4, -0.2) is 48.3 Å². The summed E-state index contributed by atoms with van der Waals surface area (Å²) in [6, 6.07) is 4.50. The van der Waals surface area contributed by atoms with Gasteiger partial charge in [0.15, 0.2) is 0 Å². The number of benzene rings is 1. The summed E-state index contributed by atoms with van der Waals surface area (Å²) in [4.78, 5) is 22.8. The zero-order valence-corrected chi connectivity index (χ0v) is 14.5. The van der Waals surface area contributed by atoms with Gasteiger partial charge < -0.3 is 10.4 Å². The Hall–Kier alpha value is -1.93. The van der Waals surface area contributed by atoms with Gasteiger partial charge in [-0.1, -0.05) is 6.42 Å². The van der Waals surface area contributed by atoms with Crippen LogP contribution in [0.4, 0.5) is 0 Å². The van der Waals surface area contributed by atoms with Crippen LogP contribution in [0.3, 0.4) is 0 Å². The predicted octanol–water partition coefficient (Wildman–Crippen LogP) is 1.45. The lowest BCUT2D eigenvalue weighted by molar-refractivity contribution is -0.138. The second kappa shape index (κ2) is 7.31. The Morgan fingerprint density at radius 2 is 1.88 bits per heavy atom. The summed E-state index contributed by atoms with van der Waals surface area (Å²) in [7, 11) is -3.58. The molecule has 0 saturated carbocycles. The third-order valence-corrected chi connectivity index (χ3v) is 6.21. The standard InChI is InChI=1S/C16H22N2O5S/c1-11-5-3-4-10-18(11)24(22,23)14-8-6-13(7-9-14)15(19)17-12(2)16(20)21/h6-9,11-12H,3-5,10H2,1-2H3,(H,17,19)(H,20,21)/t11?,12-/m0/s1. The average Bonchev–Trinajstić information content (AvgIpc) is 2.55. The van der Waals surface area contributed by atoms with Crippen LogP contribution in [0.25, 0.3) is 0 Å². The number of carboxylic acids is 1. The Kier molecular flexibility index (Phi) is 5.61. The monoisotopic (exact) mass is 354 g/mol. The van der Waals surface area contributed by atoms with E-state index in [2.05, 4.69) is 5.32 Å². The van der Waals surface area contributed by atoms with Gasteiger partial charge in [0.05, 0.1) is 4.90 Å². The minimum absolute atomic E-state index is 0.0388. The molecule has 0 bridgehead atoms. The third kappa shape index (κ3) is 3.93. The molecule has 0 aliphatic carbocycles. The molecule has 7 nitrogen and oxygen atoms in total. The highest BCUT2D eigenvalue weighted by Gasteiger charge is 2.31. The number of sulfonamides is 1. The Labute approximate surface area is 141 Å². The lowest BCUT2D eigenvalue weighted by Gasteiger charge is -2.32. The highest BCUT2D eigenvalue weighted by Crippen LogP contribution is 2.25. The van der Waals surface area contributed by atoms with Crippen molar-refractivity contribution in [3.05, 3.63) is 29.8 Å². The molecule has 8 heteroatoms. The molecule has 2 N–H and O–H groups in total. The SMILES string of the molecule is CC1CCCCN1S(=O)(=O)c1ccc(C(=O)N[C@@H](C)C(=O)O)cc1. The van der Waals surface area contributed by atoms with E-state index in [1.165, 1.54) is 35.5 Å². The van der Waals surface area contributed by atoms with E-state index >= 15 is 0 Å². The number of carbonyl (C=O) groups excluding carboxylic acids is 1. The van der Waals surface area contributed by atoms with E-state index < -0.39 is 27.9 Å². The van der Waals surface area contributed by atoms with Crippen LogP contribution < -0.4 is 5.32 Å². The van der Waals surface area contributed by atoms with E-state index in [1.54, 1.807) is 0 Å². The first-order valence-electron chi connectivity index (χ1n) is 7.89. The van der Waals surface area contributed by atoms with Crippen molar-refractivity contribution in [2.24, 2.45) is 0 Å². The van der Waals surface area contributed by atoms with Crippen LogP contribution in [0.5, 0.6) is 0 Å². The normalized spacial score (nSPS) is 20.3. The number of nitrogens with zero attached hydrogens (tertiary/aromatic N) is 1. The minimum atomic E-state index is -3.58. The van der Waals surface area contributed by atoms with Crippen LogP contribution in [0.1, 0.15) is 43.5 Å². The first kappa shape index (κ1) is 18.4. The van der Waals surface area contributed by atoms with Gasteiger partial charge in [0.25, 0.3) is 5.91 Å². The fourth-order valence-corrected chi connectivity index (χ4v) is 4.38. The highest BCUT2D eigenvalue weighted by atomic mass is 32.2. The van der Waals surface area contributed by atoms with Crippen molar-refractivity contribution in [3.63, 3.8) is 0 Å². The van der Waals surface area contributed by atoms with E-state index in [0.29, 0.717) is 6.54 Å². The van der Waals surface area contributed by atoms with Gasteiger partial charge in [-0.05, 0) is 51.0 Å². The largest absolute Gasteiger partial charge is 0.480 e. The summed E-state index contributed by atoms with van der Waals surface area (Å²) in [6.45, 7) is 3.75. The topological polar surface area (TPSA) is 104 Å². The van der Waals surface area contributed by atoms with Crippen molar-refractivity contribution in [1.82, 2.24) is 9.62 Å². The molecule has 2 atom stereocenters. The molecule has 0 radical (unpaired) electrons. The molecule has 1 saturated heterocycles. The lowest BCUT2D eigenvalue weighted by atomic mass is 10.1. The first-order chi connectivity index (χ1) is 11.2. The smallest absolute Gasteiger partial charge is 0.325 e. The van der Waals surface area contributed by atoms with Crippen LogP contribution >= 0.6 is 0 Å². The molecule has 132 valence electrons. The van der Waals surface area contributed by atoms with Crippen LogP contribution in [0.2, 0.25) is 0 Å². The molecule has 1 aromatic rings. The number of amides is 1.